The number of carbonyl (C=O) groups is 1. The number of amides is 1. The fourth-order valence-electron chi connectivity index (χ4n) is 2.99. The van der Waals surface area contributed by atoms with Crippen LogP contribution in [0, 0.1) is 12.7 Å². The Kier molecular flexibility index (Phi) is 5.16. The lowest BCUT2D eigenvalue weighted by molar-refractivity contribution is 0.0951. The molecule has 0 saturated heterocycles. The quantitative estimate of drug-likeness (QED) is 0.556. The molecule has 2 heterocycles. The lowest BCUT2D eigenvalue weighted by Gasteiger charge is -2.06. The Hall–Kier alpha value is -3.80. The van der Waals surface area contributed by atoms with E-state index in [2.05, 4.69) is 15.4 Å². The van der Waals surface area contributed by atoms with E-state index in [0.29, 0.717) is 22.4 Å². The average Bonchev–Trinajstić information content (AvgIpc) is 3.21. The summed E-state index contributed by atoms with van der Waals surface area (Å²) in [5.74, 6) is -0.572. The van der Waals surface area contributed by atoms with Gasteiger partial charge in [-0.1, -0.05) is 30.3 Å². The van der Waals surface area contributed by atoms with E-state index in [1.807, 2.05) is 36.4 Å². The second-order valence-corrected chi connectivity index (χ2v) is 6.68. The smallest absolute Gasteiger partial charge is 0.255 e. The minimum Gasteiger partial charge on any atom is -0.348 e. The van der Waals surface area contributed by atoms with Gasteiger partial charge >= 0.3 is 0 Å². The second kappa shape index (κ2) is 8.06. The topological polar surface area (TPSA) is 59.8 Å². The molecule has 0 saturated carbocycles. The monoisotopic (exact) mass is 386 g/mol. The van der Waals surface area contributed by atoms with Crippen LogP contribution in [0.15, 0.2) is 79.3 Å². The first kappa shape index (κ1) is 18.6. The zero-order chi connectivity index (χ0) is 20.2. The number of aromatic nitrogens is 3. The number of carbonyl (C=O) groups excluding carboxylic acids is 1. The van der Waals surface area contributed by atoms with Crippen molar-refractivity contribution in [3.8, 4) is 16.9 Å². The fourth-order valence-corrected chi connectivity index (χ4v) is 2.99. The molecule has 29 heavy (non-hydrogen) atoms. The SMILES string of the molecule is Cc1ccc(CNC(=O)c2cn(-c3ccccc3)nc2-c2cccnc2)cc1F. The molecule has 0 fully saturated rings. The third kappa shape index (κ3) is 4.06. The number of benzene rings is 2. The van der Waals surface area contributed by atoms with Crippen molar-refractivity contribution in [1.29, 1.82) is 0 Å². The van der Waals surface area contributed by atoms with Crippen LogP contribution in [0.1, 0.15) is 21.5 Å². The Labute approximate surface area is 167 Å². The molecule has 0 spiro atoms. The predicted molar refractivity (Wildman–Crippen MR) is 109 cm³/mol. The standard InChI is InChI=1S/C23H19FN4O/c1-16-9-10-17(12-21(16)24)13-26-23(29)20-15-28(19-7-3-2-4-8-19)27-22(20)18-6-5-11-25-14-18/h2-12,14-15H,13H2,1H3,(H,26,29). The Morgan fingerprint density at radius 3 is 2.66 bits per heavy atom. The molecule has 0 aliphatic rings. The number of para-hydroxylation sites is 1. The Balaban J connectivity index is 1.65. The fraction of sp³-hybridized carbons (Fsp3) is 0.0870. The molecule has 144 valence electrons. The number of halogens is 1. The van der Waals surface area contributed by atoms with Gasteiger partial charge in [-0.15, -0.1) is 0 Å². The molecule has 2 aromatic heterocycles. The molecular formula is C23H19FN4O. The Morgan fingerprint density at radius 1 is 1.10 bits per heavy atom. The first-order valence-electron chi connectivity index (χ1n) is 9.20. The van der Waals surface area contributed by atoms with E-state index in [1.54, 1.807) is 48.4 Å². The summed E-state index contributed by atoms with van der Waals surface area (Å²) in [5.41, 5.74) is 3.82. The van der Waals surface area contributed by atoms with Gasteiger partial charge in [-0.3, -0.25) is 9.78 Å². The van der Waals surface area contributed by atoms with Crippen LogP contribution < -0.4 is 5.32 Å². The molecule has 2 aromatic carbocycles. The van der Waals surface area contributed by atoms with Crippen molar-refractivity contribution >= 4 is 5.91 Å². The van der Waals surface area contributed by atoms with Crippen molar-refractivity contribution in [2.24, 2.45) is 0 Å². The summed E-state index contributed by atoms with van der Waals surface area (Å²) < 4.78 is 15.4. The number of hydrogen-bond donors (Lipinski definition) is 1. The number of aryl methyl sites for hydroxylation is 1. The molecule has 1 N–H and O–H groups in total. The van der Waals surface area contributed by atoms with E-state index in [0.717, 1.165) is 11.3 Å². The molecule has 1 amide bonds. The number of pyridine rings is 1. The molecule has 0 unspecified atom stereocenters. The molecule has 4 aromatic rings. The first-order chi connectivity index (χ1) is 14.1. The van der Waals surface area contributed by atoms with Crippen molar-refractivity contribution in [3.63, 3.8) is 0 Å². The highest BCUT2D eigenvalue weighted by Gasteiger charge is 2.18. The van der Waals surface area contributed by atoms with E-state index in [1.165, 1.54) is 6.07 Å². The number of rotatable bonds is 5. The van der Waals surface area contributed by atoms with Crippen LogP contribution in [0.4, 0.5) is 4.39 Å². The van der Waals surface area contributed by atoms with Gasteiger partial charge in [0.05, 0.1) is 11.3 Å². The minimum absolute atomic E-state index is 0.221. The van der Waals surface area contributed by atoms with Crippen LogP contribution in [-0.4, -0.2) is 20.7 Å². The van der Waals surface area contributed by atoms with Crippen molar-refractivity contribution < 1.29 is 9.18 Å². The Morgan fingerprint density at radius 2 is 1.93 bits per heavy atom. The van der Waals surface area contributed by atoms with Gasteiger partial charge in [0.2, 0.25) is 0 Å². The number of nitrogens with zero attached hydrogens (tertiary/aromatic N) is 3. The lowest BCUT2D eigenvalue weighted by Crippen LogP contribution is -2.23. The van der Waals surface area contributed by atoms with Crippen molar-refractivity contribution in [2.45, 2.75) is 13.5 Å². The highest BCUT2D eigenvalue weighted by Crippen LogP contribution is 2.23. The van der Waals surface area contributed by atoms with Gasteiger partial charge in [-0.25, -0.2) is 9.07 Å². The summed E-state index contributed by atoms with van der Waals surface area (Å²) in [7, 11) is 0. The third-order valence-corrected chi connectivity index (χ3v) is 4.60. The highest BCUT2D eigenvalue weighted by atomic mass is 19.1. The molecule has 5 nitrogen and oxygen atoms in total. The van der Waals surface area contributed by atoms with E-state index in [4.69, 9.17) is 0 Å². The van der Waals surface area contributed by atoms with Crippen molar-refractivity contribution in [2.75, 3.05) is 0 Å². The van der Waals surface area contributed by atoms with Crippen LogP contribution >= 0.6 is 0 Å². The van der Waals surface area contributed by atoms with E-state index in [9.17, 15) is 9.18 Å². The molecule has 0 radical (unpaired) electrons. The molecule has 6 heteroatoms. The van der Waals surface area contributed by atoms with Gasteiger partial charge in [-0.05, 0) is 48.4 Å². The van der Waals surface area contributed by atoms with Crippen molar-refractivity contribution in [1.82, 2.24) is 20.1 Å². The van der Waals surface area contributed by atoms with Gasteiger partial charge in [0.15, 0.2) is 0 Å². The normalized spacial score (nSPS) is 10.7. The van der Waals surface area contributed by atoms with Crippen LogP contribution in [0.2, 0.25) is 0 Å². The van der Waals surface area contributed by atoms with E-state index >= 15 is 0 Å². The maximum Gasteiger partial charge on any atom is 0.255 e. The van der Waals surface area contributed by atoms with Crippen LogP contribution in [0.3, 0.4) is 0 Å². The van der Waals surface area contributed by atoms with Gasteiger partial charge in [0.25, 0.3) is 5.91 Å². The van der Waals surface area contributed by atoms with Gasteiger partial charge in [0, 0.05) is 30.7 Å². The summed E-state index contributed by atoms with van der Waals surface area (Å²) in [4.78, 5) is 17.1. The number of nitrogens with one attached hydrogen (secondary N) is 1. The van der Waals surface area contributed by atoms with E-state index < -0.39 is 0 Å². The second-order valence-electron chi connectivity index (χ2n) is 6.68. The maximum absolute atomic E-state index is 13.8. The van der Waals surface area contributed by atoms with Gasteiger partial charge in [0.1, 0.15) is 11.5 Å². The summed E-state index contributed by atoms with van der Waals surface area (Å²) in [6.07, 6.45) is 5.04. The van der Waals surface area contributed by atoms with Gasteiger partial charge in [-0.2, -0.15) is 5.10 Å². The highest BCUT2D eigenvalue weighted by molar-refractivity contribution is 5.99. The molecule has 0 aliphatic heterocycles. The average molecular weight is 386 g/mol. The maximum atomic E-state index is 13.8. The molecule has 0 bridgehead atoms. The zero-order valence-electron chi connectivity index (χ0n) is 15.8. The summed E-state index contributed by atoms with van der Waals surface area (Å²) in [6.45, 7) is 1.93. The lowest BCUT2D eigenvalue weighted by atomic mass is 10.1. The molecule has 0 atom stereocenters. The number of hydrogen-bond acceptors (Lipinski definition) is 3. The van der Waals surface area contributed by atoms with E-state index in [-0.39, 0.29) is 18.3 Å². The summed E-state index contributed by atoms with van der Waals surface area (Å²) in [6, 6.07) is 18.2. The largest absolute Gasteiger partial charge is 0.348 e. The third-order valence-electron chi connectivity index (χ3n) is 4.60. The molecule has 4 rings (SSSR count). The molecule has 0 aliphatic carbocycles. The zero-order valence-corrected chi connectivity index (χ0v) is 15.8. The first-order valence-corrected chi connectivity index (χ1v) is 9.20. The minimum atomic E-state index is -0.287. The predicted octanol–water partition coefficient (Wildman–Crippen LogP) is 4.31. The summed E-state index contributed by atoms with van der Waals surface area (Å²) in [5, 5.41) is 7.47. The van der Waals surface area contributed by atoms with Crippen LogP contribution in [0.5, 0.6) is 0 Å². The summed E-state index contributed by atoms with van der Waals surface area (Å²) >= 11 is 0. The van der Waals surface area contributed by atoms with Crippen LogP contribution in [0.25, 0.3) is 16.9 Å². The van der Waals surface area contributed by atoms with Crippen molar-refractivity contribution in [3.05, 3.63) is 102 Å². The molecular weight excluding hydrogens is 367 g/mol. The Bertz CT molecular complexity index is 1140. The van der Waals surface area contributed by atoms with Crippen LogP contribution in [-0.2, 0) is 6.54 Å². The van der Waals surface area contributed by atoms with Gasteiger partial charge < -0.3 is 5.32 Å².